The van der Waals surface area contributed by atoms with Gasteiger partial charge in [-0.25, -0.2) is 9.78 Å². The maximum Gasteiger partial charge on any atom is 0.337 e. The molecule has 2 N–H and O–H groups in total. The maximum absolute atomic E-state index is 12.3. The van der Waals surface area contributed by atoms with E-state index in [0.717, 1.165) is 17.0 Å². The fraction of sp³-hybridized carbons (Fsp3) is 0.143. The lowest BCUT2D eigenvalue weighted by molar-refractivity contribution is 0.0600. The van der Waals surface area contributed by atoms with Crippen molar-refractivity contribution in [2.24, 2.45) is 0 Å². The van der Waals surface area contributed by atoms with Crippen LogP contribution in [0.15, 0.2) is 53.9 Å². The number of methoxy groups -OCH3 is 1. The molecule has 0 aliphatic rings. The van der Waals surface area contributed by atoms with Crippen LogP contribution in [0, 0.1) is 0 Å². The zero-order valence-electron chi connectivity index (χ0n) is 15.9. The minimum absolute atomic E-state index is 0.214. The summed E-state index contributed by atoms with van der Waals surface area (Å²) in [6, 6.07) is 13.9. The van der Waals surface area contributed by atoms with Crippen LogP contribution in [0.25, 0.3) is 10.6 Å². The van der Waals surface area contributed by atoms with E-state index in [4.69, 9.17) is 0 Å². The molecule has 2 amide bonds. The van der Waals surface area contributed by atoms with E-state index in [1.54, 1.807) is 5.38 Å². The second-order valence-electron chi connectivity index (χ2n) is 6.07. The van der Waals surface area contributed by atoms with Crippen LogP contribution >= 0.6 is 11.3 Å². The lowest BCUT2D eigenvalue weighted by Gasteiger charge is -2.06. The summed E-state index contributed by atoms with van der Waals surface area (Å²) in [6.45, 7) is 2.09. The molecule has 1 aromatic heterocycles. The number of aryl methyl sites for hydroxylation is 1. The Morgan fingerprint density at radius 1 is 0.931 bits per heavy atom. The van der Waals surface area contributed by atoms with Gasteiger partial charge in [0, 0.05) is 16.5 Å². The average Bonchev–Trinajstić information content (AvgIpc) is 3.27. The average molecular weight is 409 g/mol. The fourth-order valence-electron chi connectivity index (χ4n) is 2.52. The molecule has 2 aromatic carbocycles. The van der Waals surface area contributed by atoms with Crippen molar-refractivity contribution < 1.29 is 19.1 Å². The van der Waals surface area contributed by atoms with Crippen LogP contribution in [0.3, 0.4) is 0 Å². The maximum atomic E-state index is 12.3. The molecule has 0 bridgehead atoms. The molecule has 0 aliphatic heterocycles. The fourth-order valence-corrected chi connectivity index (χ4v) is 3.33. The normalized spacial score (nSPS) is 10.3. The number of nitrogens with one attached hydrogen (secondary N) is 2. The molecule has 148 valence electrons. The first-order chi connectivity index (χ1) is 14.0. The number of esters is 1. The molecule has 0 saturated heterocycles. The van der Waals surface area contributed by atoms with Crippen LogP contribution in [0.5, 0.6) is 0 Å². The standard InChI is InChI=1S/C21H19N3O4S/c1-3-13-4-6-15(7-5-13)20-22-17(12-29-20)19(26)24-23-18(25)14-8-10-16(11-9-14)21(27)28-2/h4-12H,3H2,1-2H3,(H,23,25)(H,24,26). The quantitative estimate of drug-likeness (QED) is 0.498. The number of nitrogens with zero attached hydrogens (tertiary/aromatic N) is 1. The summed E-state index contributed by atoms with van der Waals surface area (Å²) in [4.78, 5) is 40.2. The van der Waals surface area contributed by atoms with Gasteiger partial charge in [0.25, 0.3) is 11.8 Å². The second kappa shape index (κ2) is 9.11. The molecular weight excluding hydrogens is 390 g/mol. The number of aromatic nitrogens is 1. The molecule has 0 atom stereocenters. The van der Waals surface area contributed by atoms with Gasteiger partial charge in [-0.05, 0) is 36.2 Å². The molecule has 0 saturated carbocycles. The van der Waals surface area contributed by atoms with Gasteiger partial charge in [0.1, 0.15) is 10.7 Å². The molecule has 0 radical (unpaired) electrons. The molecule has 7 nitrogen and oxygen atoms in total. The Morgan fingerprint density at radius 2 is 1.55 bits per heavy atom. The number of benzene rings is 2. The number of ether oxygens (including phenoxy) is 1. The molecule has 3 aromatic rings. The third-order valence-corrected chi connectivity index (χ3v) is 5.10. The van der Waals surface area contributed by atoms with Crippen LogP contribution in [0.1, 0.15) is 43.7 Å². The zero-order valence-corrected chi connectivity index (χ0v) is 16.7. The third kappa shape index (κ3) is 4.85. The first kappa shape index (κ1) is 20.2. The summed E-state index contributed by atoms with van der Waals surface area (Å²) in [5, 5.41) is 2.36. The number of carbonyl (C=O) groups is 3. The van der Waals surface area contributed by atoms with E-state index in [0.29, 0.717) is 5.56 Å². The molecule has 8 heteroatoms. The van der Waals surface area contributed by atoms with Crippen molar-refractivity contribution in [2.75, 3.05) is 7.11 Å². The van der Waals surface area contributed by atoms with E-state index >= 15 is 0 Å². The molecule has 3 rings (SSSR count). The van der Waals surface area contributed by atoms with Crippen LogP contribution < -0.4 is 10.9 Å². The Balaban J connectivity index is 1.59. The van der Waals surface area contributed by atoms with Gasteiger partial charge < -0.3 is 4.74 Å². The van der Waals surface area contributed by atoms with Gasteiger partial charge in [-0.15, -0.1) is 11.3 Å². The first-order valence-corrected chi connectivity index (χ1v) is 9.73. The number of hydrazine groups is 1. The van der Waals surface area contributed by atoms with Gasteiger partial charge in [0.2, 0.25) is 0 Å². The smallest absolute Gasteiger partial charge is 0.337 e. The SMILES string of the molecule is CCc1ccc(-c2nc(C(=O)NNC(=O)c3ccc(C(=O)OC)cc3)cs2)cc1. The summed E-state index contributed by atoms with van der Waals surface area (Å²) in [5.41, 5.74) is 7.66. The zero-order chi connectivity index (χ0) is 20.8. The van der Waals surface area contributed by atoms with Crippen molar-refractivity contribution in [1.29, 1.82) is 0 Å². The lowest BCUT2D eigenvalue weighted by atomic mass is 10.1. The number of amides is 2. The van der Waals surface area contributed by atoms with Gasteiger partial charge in [0.05, 0.1) is 12.7 Å². The molecule has 1 heterocycles. The first-order valence-electron chi connectivity index (χ1n) is 8.85. The Hall–Kier alpha value is -3.52. The lowest BCUT2D eigenvalue weighted by Crippen LogP contribution is -2.41. The number of rotatable bonds is 5. The molecular formula is C21H19N3O4S. The van der Waals surface area contributed by atoms with Crippen molar-refractivity contribution in [2.45, 2.75) is 13.3 Å². The largest absolute Gasteiger partial charge is 0.465 e. The van der Waals surface area contributed by atoms with Crippen molar-refractivity contribution in [3.8, 4) is 10.6 Å². The minimum atomic E-state index is -0.516. The van der Waals surface area contributed by atoms with Crippen molar-refractivity contribution in [3.63, 3.8) is 0 Å². The minimum Gasteiger partial charge on any atom is -0.465 e. The van der Waals surface area contributed by atoms with E-state index in [1.165, 1.54) is 48.3 Å². The van der Waals surface area contributed by atoms with E-state index < -0.39 is 17.8 Å². The van der Waals surface area contributed by atoms with E-state index in [9.17, 15) is 14.4 Å². The van der Waals surface area contributed by atoms with E-state index in [1.807, 2.05) is 24.3 Å². The van der Waals surface area contributed by atoms with E-state index in [-0.39, 0.29) is 11.3 Å². The molecule has 0 aliphatic carbocycles. The Labute approximate surface area is 171 Å². The summed E-state index contributed by atoms with van der Waals surface area (Å²) in [5.74, 6) is -1.52. The molecule has 0 fully saturated rings. The summed E-state index contributed by atoms with van der Waals surface area (Å²) >= 11 is 1.35. The van der Waals surface area contributed by atoms with Crippen molar-refractivity contribution in [3.05, 3.63) is 76.3 Å². The predicted molar refractivity (Wildman–Crippen MR) is 110 cm³/mol. The Morgan fingerprint density at radius 3 is 2.17 bits per heavy atom. The summed E-state index contributed by atoms with van der Waals surface area (Å²) in [6.07, 6.45) is 0.955. The predicted octanol–water partition coefficient (Wildman–Crippen LogP) is 3.23. The molecule has 0 spiro atoms. The van der Waals surface area contributed by atoms with Gasteiger partial charge >= 0.3 is 5.97 Å². The van der Waals surface area contributed by atoms with Crippen LogP contribution in [0.2, 0.25) is 0 Å². The highest BCUT2D eigenvalue weighted by molar-refractivity contribution is 7.13. The number of hydrogen-bond acceptors (Lipinski definition) is 6. The van der Waals surface area contributed by atoms with Crippen LogP contribution in [0.4, 0.5) is 0 Å². The third-order valence-electron chi connectivity index (χ3n) is 4.20. The van der Waals surface area contributed by atoms with Crippen LogP contribution in [-0.4, -0.2) is 29.9 Å². The highest BCUT2D eigenvalue weighted by Crippen LogP contribution is 2.24. The Bertz CT molecular complexity index is 1030. The monoisotopic (exact) mass is 409 g/mol. The van der Waals surface area contributed by atoms with E-state index in [2.05, 4.69) is 27.5 Å². The highest BCUT2D eigenvalue weighted by Gasteiger charge is 2.14. The van der Waals surface area contributed by atoms with Crippen LogP contribution in [-0.2, 0) is 11.2 Å². The van der Waals surface area contributed by atoms with Crippen molar-refractivity contribution >= 4 is 29.1 Å². The summed E-state index contributed by atoms with van der Waals surface area (Å²) < 4.78 is 4.61. The Kier molecular flexibility index (Phi) is 6.36. The topological polar surface area (TPSA) is 97.4 Å². The number of hydrogen-bond donors (Lipinski definition) is 2. The summed E-state index contributed by atoms with van der Waals surface area (Å²) in [7, 11) is 1.28. The van der Waals surface area contributed by atoms with Gasteiger partial charge in [-0.1, -0.05) is 31.2 Å². The van der Waals surface area contributed by atoms with Gasteiger partial charge in [0.15, 0.2) is 0 Å². The van der Waals surface area contributed by atoms with Gasteiger partial charge in [-0.2, -0.15) is 0 Å². The highest BCUT2D eigenvalue weighted by atomic mass is 32.1. The number of carbonyl (C=O) groups excluding carboxylic acids is 3. The second-order valence-corrected chi connectivity index (χ2v) is 6.92. The van der Waals surface area contributed by atoms with Crippen molar-refractivity contribution in [1.82, 2.24) is 15.8 Å². The molecule has 29 heavy (non-hydrogen) atoms. The van der Waals surface area contributed by atoms with Gasteiger partial charge in [-0.3, -0.25) is 20.4 Å². The molecule has 0 unspecified atom stereocenters. The number of thiazole rings is 1.